The van der Waals surface area contributed by atoms with Gasteiger partial charge in [0.25, 0.3) is 5.91 Å². The average Bonchev–Trinajstić information content (AvgIpc) is 2.93. The number of rotatable bonds is 6. The Morgan fingerprint density at radius 1 is 1.21 bits per heavy atom. The summed E-state index contributed by atoms with van der Waals surface area (Å²) in [6.07, 6.45) is 2.84. The molecule has 150 valence electrons. The standard InChI is InChI=1S/C20H26N4O2S2/c1-15-5-7-16(8-6-15)14-17-19(26)24(20(27)28-17)9-3-4-18(25)21-23-12-10-22(2)11-13-23/h5-8,14H,3-4,9-13H2,1-2H3,(H,21,25)/b17-14+. The van der Waals surface area contributed by atoms with E-state index in [0.717, 1.165) is 31.7 Å². The Bertz CT molecular complexity index is 771. The number of hydrogen-bond acceptors (Lipinski definition) is 6. The Morgan fingerprint density at radius 3 is 2.57 bits per heavy atom. The number of amides is 2. The lowest BCUT2D eigenvalue weighted by Gasteiger charge is -2.32. The molecule has 2 fully saturated rings. The lowest BCUT2D eigenvalue weighted by atomic mass is 10.1. The highest BCUT2D eigenvalue weighted by atomic mass is 32.2. The van der Waals surface area contributed by atoms with Crippen molar-refractivity contribution in [3.8, 4) is 0 Å². The molecule has 2 aliphatic heterocycles. The molecule has 3 rings (SSSR count). The predicted octanol–water partition coefficient (Wildman–Crippen LogP) is 2.26. The summed E-state index contributed by atoms with van der Waals surface area (Å²) in [7, 11) is 2.08. The van der Waals surface area contributed by atoms with Gasteiger partial charge in [0.1, 0.15) is 4.32 Å². The molecule has 1 aromatic rings. The lowest BCUT2D eigenvalue weighted by molar-refractivity contribution is -0.127. The second-order valence-electron chi connectivity index (χ2n) is 7.17. The van der Waals surface area contributed by atoms with E-state index in [1.165, 1.54) is 17.3 Å². The normalized spacial score (nSPS) is 20.2. The third-order valence-corrected chi connectivity index (χ3v) is 6.20. The van der Waals surface area contributed by atoms with Crippen molar-refractivity contribution in [3.05, 3.63) is 40.3 Å². The van der Waals surface area contributed by atoms with Crippen LogP contribution >= 0.6 is 24.0 Å². The van der Waals surface area contributed by atoms with E-state index >= 15 is 0 Å². The molecule has 0 aromatic heterocycles. The van der Waals surface area contributed by atoms with Crippen molar-refractivity contribution in [2.24, 2.45) is 0 Å². The summed E-state index contributed by atoms with van der Waals surface area (Å²) in [5.41, 5.74) is 5.11. The van der Waals surface area contributed by atoms with Crippen LogP contribution in [0.2, 0.25) is 0 Å². The highest BCUT2D eigenvalue weighted by Gasteiger charge is 2.31. The Kier molecular flexibility index (Phi) is 7.23. The molecular formula is C20H26N4O2S2. The fraction of sp³-hybridized carbons (Fsp3) is 0.450. The Hall–Kier alpha value is -1.74. The van der Waals surface area contributed by atoms with Crippen molar-refractivity contribution < 1.29 is 9.59 Å². The smallest absolute Gasteiger partial charge is 0.266 e. The molecule has 0 radical (unpaired) electrons. The molecule has 6 nitrogen and oxygen atoms in total. The maximum Gasteiger partial charge on any atom is 0.266 e. The maximum absolute atomic E-state index is 12.6. The van der Waals surface area contributed by atoms with Gasteiger partial charge in [-0.1, -0.05) is 53.8 Å². The number of likely N-dealkylation sites (N-methyl/N-ethyl adjacent to an activating group) is 1. The molecule has 0 atom stereocenters. The predicted molar refractivity (Wildman–Crippen MR) is 118 cm³/mol. The van der Waals surface area contributed by atoms with Crippen LogP contribution in [0.15, 0.2) is 29.2 Å². The minimum Gasteiger partial charge on any atom is -0.304 e. The molecule has 8 heteroatoms. The molecule has 2 saturated heterocycles. The van der Waals surface area contributed by atoms with Crippen LogP contribution in [0.4, 0.5) is 0 Å². The largest absolute Gasteiger partial charge is 0.304 e. The second-order valence-corrected chi connectivity index (χ2v) is 8.85. The monoisotopic (exact) mass is 418 g/mol. The molecule has 0 saturated carbocycles. The first kappa shape index (κ1) is 21.0. The van der Waals surface area contributed by atoms with Crippen molar-refractivity contribution >= 4 is 46.2 Å². The van der Waals surface area contributed by atoms with Gasteiger partial charge in [-0.3, -0.25) is 19.9 Å². The summed E-state index contributed by atoms with van der Waals surface area (Å²) in [6, 6.07) is 8.02. The molecule has 2 amide bonds. The third kappa shape index (κ3) is 5.64. The highest BCUT2D eigenvalue weighted by Crippen LogP contribution is 2.32. The van der Waals surface area contributed by atoms with Gasteiger partial charge in [-0.15, -0.1) is 0 Å². The summed E-state index contributed by atoms with van der Waals surface area (Å²) >= 11 is 6.69. The Labute approximate surface area is 175 Å². The van der Waals surface area contributed by atoms with Gasteiger partial charge in [0.05, 0.1) is 4.91 Å². The van der Waals surface area contributed by atoms with E-state index in [0.29, 0.717) is 28.6 Å². The van der Waals surface area contributed by atoms with Crippen LogP contribution in [-0.4, -0.2) is 70.7 Å². The van der Waals surface area contributed by atoms with Gasteiger partial charge in [0, 0.05) is 39.1 Å². The number of benzene rings is 1. The number of nitrogens with one attached hydrogen (secondary N) is 1. The van der Waals surface area contributed by atoms with E-state index < -0.39 is 0 Å². The lowest BCUT2D eigenvalue weighted by Crippen LogP contribution is -2.52. The molecule has 0 bridgehead atoms. The zero-order chi connectivity index (χ0) is 20.1. The molecule has 1 aromatic carbocycles. The molecule has 0 aliphatic carbocycles. The fourth-order valence-electron chi connectivity index (χ4n) is 3.06. The summed E-state index contributed by atoms with van der Waals surface area (Å²) in [4.78, 5) is 29.3. The third-order valence-electron chi connectivity index (χ3n) is 4.82. The minimum absolute atomic E-state index is 0.00908. The number of hydrogen-bond donors (Lipinski definition) is 1. The van der Waals surface area contributed by atoms with Crippen LogP contribution in [0, 0.1) is 6.92 Å². The highest BCUT2D eigenvalue weighted by molar-refractivity contribution is 8.26. The molecule has 28 heavy (non-hydrogen) atoms. The zero-order valence-corrected chi connectivity index (χ0v) is 17.9. The summed E-state index contributed by atoms with van der Waals surface area (Å²) in [5.74, 6) is -0.0831. The van der Waals surface area contributed by atoms with E-state index in [1.807, 2.05) is 42.3 Å². The fourth-order valence-corrected chi connectivity index (χ4v) is 4.36. The number of piperazine rings is 1. The van der Waals surface area contributed by atoms with Crippen LogP contribution in [0.3, 0.4) is 0 Å². The molecule has 0 unspecified atom stereocenters. The van der Waals surface area contributed by atoms with Gasteiger partial charge in [-0.05, 0) is 32.0 Å². The number of thioether (sulfide) groups is 1. The first-order chi connectivity index (χ1) is 13.4. The van der Waals surface area contributed by atoms with Crippen LogP contribution in [0.25, 0.3) is 6.08 Å². The van der Waals surface area contributed by atoms with Crippen LogP contribution in [-0.2, 0) is 9.59 Å². The number of hydrazine groups is 1. The average molecular weight is 419 g/mol. The minimum atomic E-state index is -0.0740. The van der Waals surface area contributed by atoms with Crippen LogP contribution in [0.1, 0.15) is 24.0 Å². The number of thiocarbonyl (C=S) groups is 1. The van der Waals surface area contributed by atoms with Crippen molar-refractivity contribution in [2.75, 3.05) is 39.8 Å². The van der Waals surface area contributed by atoms with Crippen molar-refractivity contribution in [1.29, 1.82) is 0 Å². The van der Waals surface area contributed by atoms with E-state index in [9.17, 15) is 9.59 Å². The number of carbonyl (C=O) groups is 2. The van der Waals surface area contributed by atoms with Crippen molar-refractivity contribution in [1.82, 2.24) is 20.2 Å². The zero-order valence-electron chi connectivity index (χ0n) is 16.3. The summed E-state index contributed by atoms with van der Waals surface area (Å²) < 4.78 is 0.558. The van der Waals surface area contributed by atoms with Crippen LogP contribution in [0.5, 0.6) is 0 Å². The van der Waals surface area contributed by atoms with E-state index in [-0.39, 0.29) is 11.8 Å². The Balaban J connectivity index is 1.46. The number of carbonyl (C=O) groups excluding carboxylic acids is 2. The quantitative estimate of drug-likeness (QED) is 0.565. The van der Waals surface area contributed by atoms with Crippen LogP contribution < -0.4 is 5.43 Å². The van der Waals surface area contributed by atoms with Gasteiger partial charge in [-0.25, -0.2) is 5.01 Å². The summed E-state index contributed by atoms with van der Waals surface area (Å²) in [6.45, 7) is 6.06. The molecular weight excluding hydrogens is 392 g/mol. The Morgan fingerprint density at radius 2 is 1.89 bits per heavy atom. The van der Waals surface area contributed by atoms with Gasteiger partial charge in [-0.2, -0.15) is 0 Å². The SMILES string of the molecule is Cc1ccc(/C=C2/SC(=S)N(CCCC(=O)NN3CCN(C)CC3)C2=O)cc1. The van der Waals surface area contributed by atoms with E-state index in [4.69, 9.17) is 12.2 Å². The maximum atomic E-state index is 12.6. The number of nitrogens with zero attached hydrogens (tertiary/aromatic N) is 3. The first-order valence-electron chi connectivity index (χ1n) is 9.47. The van der Waals surface area contributed by atoms with Crippen molar-refractivity contribution in [3.63, 3.8) is 0 Å². The van der Waals surface area contributed by atoms with Gasteiger partial charge >= 0.3 is 0 Å². The molecule has 2 heterocycles. The summed E-state index contributed by atoms with van der Waals surface area (Å²) in [5, 5.41) is 1.96. The second kappa shape index (κ2) is 9.65. The van der Waals surface area contributed by atoms with E-state index in [2.05, 4.69) is 17.4 Å². The van der Waals surface area contributed by atoms with Gasteiger partial charge in [0.15, 0.2) is 0 Å². The topological polar surface area (TPSA) is 55.9 Å². The molecule has 1 N–H and O–H groups in total. The first-order valence-corrected chi connectivity index (χ1v) is 10.7. The van der Waals surface area contributed by atoms with Crippen molar-refractivity contribution in [2.45, 2.75) is 19.8 Å². The van der Waals surface area contributed by atoms with E-state index in [1.54, 1.807) is 4.90 Å². The number of aryl methyl sites for hydroxylation is 1. The van der Waals surface area contributed by atoms with Gasteiger partial charge < -0.3 is 4.90 Å². The molecule has 0 spiro atoms. The van der Waals surface area contributed by atoms with Gasteiger partial charge in [0.2, 0.25) is 5.91 Å². The molecule has 2 aliphatic rings.